The molecule has 0 spiro atoms. The lowest BCUT2D eigenvalue weighted by molar-refractivity contribution is 0.0875. The van der Waals surface area contributed by atoms with E-state index < -0.39 is 12.0 Å². The van der Waals surface area contributed by atoms with Gasteiger partial charge in [-0.25, -0.2) is 15.2 Å². The minimum atomic E-state index is -0.696. The van der Waals surface area contributed by atoms with Crippen molar-refractivity contribution < 1.29 is 14.3 Å². The van der Waals surface area contributed by atoms with E-state index in [0.717, 1.165) is 16.3 Å². The number of benzene rings is 1. The number of rotatable bonds is 3. The molecule has 22 heavy (non-hydrogen) atoms. The quantitative estimate of drug-likeness (QED) is 0.853. The zero-order chi connectivity index (χ0) is 16.1. The van der Waals surface area contributed by atoms with Gasteiger partial charge in [0, 0.05) is 16.5 Å². The maximum Gasteiger partial charge on any atom is 0.426 e. The number of hydrogen-bond donors (Lipinski definition) is 2. The average Bonchev–Trinajstić information content (AvgIpc) is 2.91. The van der Waals surface area contributed by atoms with Gasteiger partial charge in [-0.2, -0.15) is 0 Å². The van der Waals surface area contributed by atoms with Crippen LogP contribution in [0.1, 0.15) is 29.2 Å². The van der Waals surface area contributed by atoms with Gasteiger partial charge in [0.05, 0.1) is 16.8 Å². The Morgan fingerprint density at radius 2 is 1.86 bits per heavy atom. The summed E-state index contributed by atoms with van der Waals surface area (Å²) in [6, 6.07) is 6.98. The Kier molecular flexibility index (Phi) is 5.11. The number of amides is 2. The second kappa shape index (κ2) is 7.04. The van der Waals surface area contributed by atoms with Crippen molar-refractivity contribution in [2.75, 3.05) is 0 Å². The van der Waals surface area contributed by atoms with Gasteiger partial charge in [0.15, 0.2) is 0 Å². The van der Waals surface area contributed by atoms with Gasteiger partial charge in [-0.3, -0.25) is 10.2 Å². The minimum Gasteiger partial charge on any atom is -0.446 e. The monoisotopic (exact) mass is 319 g/mol. The van der Waals surface area contributed by atoms with Crippen LogP contribution in [-0.4, -0.2) is 23.1 Å². The largest absolute Gasteiger partial charge is 0.446 e. The van der Waals surface area contributed by atoms with E-state index in [0.29, 0.717) is 5.56 Å². The van der Waals surface area contributed by atoms with Crippen LogP contribution in [0.3, 0.4) is 0 Å². The van der Waals surface area contributed by atoms with Gasteiger partial charge in [0.25, 0.3) is 5.91 Å². The van der Waals surface area contributed by atoms with E-state index in [-0.39, 0.29) is 6.10 Å². The summed E-state index contributed by atoms with van der Waals surface area (Å²) in [6.07, 6.45) is -0.948. The zero-order valence-corrected chi connectivity index (χ0v) is 13.4. The Balaban J connectivity index is 1.95. The highest BCUT2D eigenvalue weighted by atomic mass is 32.1. The molecule has 1 aromatic carbocycles. The normalized spacial score (nSPS) is 10.4. The first kappa shape index (κ1) is 16.0. The summed E-state index contributed by atoms with van der Waals surface area (Å²) in [5.41, 5.74) is 6.73. The van der Waals surface area contributed by atoms with Gasteiger partial charge in [-0.1, -0.05) is 12.1 Å². The molecule has 0 unspecified atom stereocenters. The van der Waals surface area contributed by atoms with Crippen LogP contribution in [0.2, 0.25) is 0 Å². The number of thiazole rings is 1. The lowest BCUT2D eigenvalue weighted by Crippen LogP contribution is -2.42. The van der Waals surface area contributed by atoms with Gasteiger partial charge < -0.3 is 4.74 Å². The number of aromatic nitrogens is 1. The zero-order valence-electron chi connectivity index (χ0n) is 12.5. The lowest BCUT2D eigenvalue weighted by atomic mass is 10.1. The summed E-state index contributed by atoms with van der Waals surface area (Å²) in [6.45, 7) is 5.39. The molecule has 6 nitrogen and oxygen atoms in total. The fraction of sp³-hybridized carbons (Fsp3) is 0.267. The summed E-state index contributed by atoms with van der Waals surface area (Å²) in [5, 5.41) is 2.96. The number of aryl methyl sites for hydroxylation is 1. The topological polar surface area (TPSA) is 80.3 Å². The van der Waals surface area contributed by atoms with Crippen molar-refractivity contribution in [3.8, 4) is 11.3 Å². The van der Waals surface area contributed by atoms with Gasteiger partial charge in [-0.15, -0.1) is 11.3 Å². The van der Waals surface area contributed by atoms with Crippen LogP contribution < -0.4 is 10.9 Å². The Hall–Kier alpha value is -2.41. The molecule has 1 heterocycles. The van der Waals surface area contributed by atoms with Crippen molar-refractivity contribution in [2.24, 2.45) is 0 Å². The molecule has 0 bridgehead atoms. The first-order valence-corrected chi connectivity index (χ1v) is 7.63. The molecule has 0 aliphatic rings. The third-order valence-corrected chi connectivity index (χ3v) is 3.46. The molecule has 0 atom stereocenters. The molecule has 2 aromatic rings. The Morgan fingerprint density at radius 3 is 2.41 bits per heavy atom. The van der Waals surface area contributed by atoms with E-state index >= 15 is 0 Å². The fourth-order valence-corrected chi connectivity index (χ4v) is 2.33. The Labute approximate surface area is 132 Å². The molecule has 0 aliphatic heterocycles. The summed E-state index contributed by atoms with van der Waals surface area (Å²) in [7, 11) is 0. The molecule has 0 radical (unpaired) electrons. The number of hydrogen-bond acceptors (Lipinski definition) is 5. The predicted octanol–water partition coefficient (Wildman–Crippen LogP) is 2.90. The number of nitrogens with one attached hydrogen (secondary N) is 2. The van der Waals surface area contributed by atoms with Crippen molar-refractivity contribution >= 4 is 23.3 Å². The Bertz CT molecular complexity index is 665. The SMILES string of the molecule is Cc1nc(-c2ccc(C(=O)NNC(=O)OC(C)C)cc2)cs1. The van der Waals surface area contributed by atoms with Gasteiger partial charge >= 0.3 is 6.09 Å². The molecule has 116 valence electrons. The molecule has 2 amide bonds. The van der Waals surface area contributed by atoms with Crippen LogP contribution in [0, 0.1) is 6.92 Å². The van der Waals surface area contributed by atoms with Crippen LogP contribution in [0.25, 0.3) is 11.3 Å². The number of ether oxygens (including phenoxy) is 1. The predicted molar refractivity (Wildman–Crippen MR) is 84.5 cm³/mol. The van der Waals surface area contributed by atoms with E-state index in [1.165, 1.54) is 0 Å². The number of nitrogens with zero attached hydrogens (tertiary/aromatic N) is 1. The van der Waals surface area contributed by atoms with E-state index in [1.807, 2.05) is 24.4 Å². The van der Waals surface area contributed by atoms with Gasteiger partial charge in [-0.05, 0) is 32.9 Å². The van der Waals surface area contributed by atoms with E-state index in [2.05, 4.69) is 15.8 Å². The second-order valence-electron chi connectivity index (χ2n) is 4.86. The van der Waals surface area contributed by atoms with Crippen molar-refractivity contribution in [3.05, 3.63) is 40.2 Å². The summed E-state index contributed by atoms with van der Waals surface area (Å²) in [5.74, 6) is -0.415. The lowest BCUT2D eigenvalue weighted by Gasteiger charge is -2.10. The van der Waals surface area contributed by atoms with E-state index in [1.54, 1.807) is 37.3 Å². The number of carbonyl (C=O) groups is 2. The number of carbonyl (C=O) groups excluding carboxylic acids is 2. The molecule has 0 fully saturated rings. The molecule has 0 aliphatic carbocycles. The molecule has 0 saturated carbocycles. The summed E-state index contributed by atoms with van der Waals surface area (Å²) >= 11 is 1.57. The molecular weight excluding hydrogens is 302 g/mol. The highest BCUT2D eigenvalue weighted by Crippen LogP contribution is 2.21. The first-order valence-electron chi connectivity index (χ1n) is 6.75. The molecular formula is C15H17N3O3S. The van der Waals surface area contributed by atoms with Crippen LogP contribution in [0.15, 0.2) is 29.6 Å². The van der Waals surface area contributed by atoms with Crippen LogP contribution in [-0.2, 0) is 4.74 Å². The smallest absolute Gasteiger partial charge is 0.426 e. The number of hydrazine groups is 1. The van der Waals surface area contributed by atoms with Crippen molar-refractivity contribution in [1.29, 1.82) is 0 Å². The van der Waals surface area contributed by atoms with Crippen LogP contribution in [0.5, 0.6) is 0 Å². The molecule has 7 heteroatoms. The van der Waals surface area contributed by atoms with Crippen molar-refractivity contribution in [1.82, 2.24) is 15.8 Å². The maximum absolute atomic E-state index is 11.9. The highest BCUT2D eigenvalue weighted by molar-refractivity contribution is 7.09. The van der Waals surface area contributed by atoms with Crippen LogP contribution in [0.4, 0.5) is 4.79 Å². The van der Waals surface area contributed by atoms with Gasteiger partial charge in [0.2, 0.25) is 0 Å². The van der Waals surface area contributed by atoms with Crippen LogP contribution >= 0.6 is 11.3 Å². The summed E-state index contributed by atoms with van der Waals surface area (Å²) < 4.78 is 4.84. The van der Waals surface area contributed by atoms with Gasteiger partial charge in [0.1, 0.15) is 0 Å². The molecule has 1 aromatic heterocycles. The standard InChI is InChI=1S/C15H17N3O3S/c1-9(2)21-15(20)18-17-14(19)12-6-4-11(5-7-12)13-8-22-10(3)16-13/h4-9H,1-3H3,(H,17,19)(H,18,20). The fourth-order valence-electron chi connectivity index (χ4n) is 1.71. The maximum atomic E-state index is 11.9. The third kappa shape index (κ3) is 4.29. The Morgan fingerprint density at radius 1 is 1.18 bits per heavy atom. The van der Waals surface area contributed by atoms with E-state index in [9.17, 15) is 9.59 Å². The van der Waals surface area contributed by atoms with Crippen molar-refractivity contribution in [3.63, 3.8) is 0 Å². The first-order chi connectivity index (χ1) is 10.5. The third-order valence-electron chi connectivity index (χ3n) is 2.68. The van der Waals surface area contributed by atoms with Crippen molar-refractivity contribution in [2.45, 2.75) is 26.9 Å². The minimum absolute atomic E-state index is 0.252. The van der Waals surface area contributed by atoms with E-state index in [4.69, 9.17) is 4.74 Å². The second-order valence-corrected chi connectivity index (χ2v) is 5.92. The highest BCUT2D eigenvalue weighted by Gasteiger charge is 2.10. The molecule has 2 rings (SSSR count). The average molecular weight is 319 g/mol. The molecule has 0 saturated heterocycles. The summed E-state index contributed by atoms with van der Waals surface area (Å²) in [4.78, 5) is 27.6. The molecule has 2 N–H and O–H groups in total.